The Bertz CT molecular complexity index is 864. The van der Waals surface area contributed by atoms with Gasteiger partial charge in [-0.1, -0.05) is 6.08 Å². The molecule has 6 nitrogen and oxygen atoms in total. The lowest BCUT2D eigenvalue weighted by atomic mass is 10.1. The van der Waals surface area contributed by atoms with E-state index >= 15 is 0 Å². The van der Waals surface area contributed by atoms with Gasteiger partial charge in [-0.2, -0.15) is 0 Å². The number of rotatable bonds is 6. The largest absolute Gasteiger partial charge is 0.348 e. The zero-order valence-corrected chi connectivity index (χ0v) is 15.9. The number of aromatic nitrogens is 2. The number of aliphatic imine (C=N–C) groups is 1. The third kappa shape index (κ3) is 3.83. The van der Waals surface area contributed by atoms with Crippen LogP contribution in [0.25, 0.3) is 10.2 Å². The van der Waals surface area contributed by atoms with Crippen molar-refractivity contribution in [2.24, 2.45) is 4.99 Å². The highest BCUT2D eigenvalue weighted by Gasteiger charge is 2.24. The number of nitrogens with one attached hydrogen (secondary N) is 1. The number of anilines is 1. The van der Waals surface area contributed by atoms with E-state index in [0.29, 0.717) is 11.6 Å². The normalized spacial score (nSPS) is 16.4. The maximum atomic E-state index is 12.9. The minimum absolute atomic E-state index is 0.00457. The first-order valence-electron chi connectivity index (χ1n) is 8.73. The van der Waals surface area contributed by atoms with Crippen molar-refractivity contribution >= 4 is 40.1 Å². The van der Waals surface area contributed by atoms with Gasteiger partial charge in [0.25, 0.3) is 5.91 Å². The van der Waals surface area contributed by atoms with Crippen molar-refractivity contribution in [3.8, 4) is 0 Å². The molecule has 0 radical (unpaired) electrons. The highest BCUT2D eigenvalue weighted by molar-refractivity contribution is 7.17. The zero-order valence-electron chi connectivity index (χ0n) is 15.1. The Morgan fingerprint density at radius 2 is 2.19 bits per heavy atom. The van der Waals surface area contributed by atoms with Gasteiger partial charge in [0.2, 0.25) is 5.95 Å². The molecule has 1 aliphatic heterocycles. The molecule has 2 aromatic rings. The Balaban J connectivity index is 1.90. The maximum Gasteiger partial charge on any atom is 0.274 e. The molecular formula is C19H23N5OS. The summed E-state index contributed by atoms with van der Waals surface area (Å²) < 4.78 is 0.849. The Morgan fingerprint density at radius 1 is 1.42 bits per heavy atom. The first kappa shape index (κ1) is 18.3. The van der Waals surface area contributed by atoms with Crippen LogP contribution in [0.15, 0.2) is 40.4 Å². The van der Waals surface area contributed by atoms with Gasteiger partial charge in [-0.25, -0.2) is 9.97 Å². The van der Waals surface area contributed by atoms with Crippen LogP contribution in [-0.4, -0.2) is 46.6 Å². The molecule has 1 amide bonds. The smallest absolute Gasteiger partial charge is 0.274 e. The molecule has 1 N–H and O–H groups in total. The Labute approximate surface area is 157 Å². The fraction of sp³-hybridized carbons (Fsp3) is 0.368. The molecule has 0 unspecified atom stereocenters. The summed E-state index contributed by atoms with van der Waals surface area (Å²) in [4.78, 5) is 27.7. The average Bonchev–Trinajstić information content (AvgIpc) is 3.32. The third-order valence-corrected chi connectivity index (χ3v) is 5.36. The molecule has 136 valence electrons. The Morgan fingerprint density at radius 3 is 2.88 bits per heavy atom. The number of allylic oxidation sites excluding steroid dienone is 1. The van der Waals surface area contributed by atoms with Gasteiger partial charge in [0, 0.05) is 19.3 Å². The van der Waals surface area contributed by atoms with Gasteiger partial charge < -0.3 is 10.2 Å². The van der Waals surface area contributed by atoms with Crippen molar-refractivity contribution in [3.05, 3.63) is 41.1 Å². The van der Waals surface area contributed by atoms with Gasteiger partial charge in [-0.15, -0.1) is 11.3 Å². The molecule has 26 heavy (non-hydrogen) atoms. The van der Waals surface area contributed by atoms with Crippen molar-refractivity contribution in [2.45, 2.75) is 32.7 Å². The molecule has 0 aliphatic carbocycles. The Kier molecular flexibility index (Phi) is 5.78. The van der Waals surface area contributed by atoms with Crippen molar-refractivity contribution in [1.82, 2.24) is 14.9 Å². The van der Waals surface area contributed by atoms with Gasteiger partial charge in [0.1, 0.15) is 0 Å². The van der Waals surface area contributed by atoms with E-state index in [1.165, 1.54) is 11.3 Å². The van der Waals surface area contributed by atoms with Crippen molar-refractivity contribution < 1.29 is 4.79 Å². The van der Waals surface area contributed by atoms with Gasteiger partial charge in [0.15, 0.2) is 5.69 Å². The number of fused-ring (bicyclic) bond motifs is 1. The Hall–Kier alpha value is -2.54. The molecule has 1 fully saturated rings. The van der Waals surface area contributed by atoms with E-state index in [9.17, 15) is 4.79 Å². The van der Waals surface area contributed by atoms with Crippen LogP contribution in [0.5, 0.6) is 0 Å². The van der Waals surface area contributed by atoms with E-state index in [-0.39, 0.29) is 11.9 Å². The van der Waals surface area contributed by atoms with Crippen molar-refractivity contribution in [2.75, 3.05) is 18.4 Å². The van der Waals surface area contributed by atoms with E-state index in [1.54, 1.807) is 6.20 Å². The van der Waals surface area contributed by atoms with E-state index in [2.05, 4.69) is 27.0 Å². The summed E-state index contributed by atoms with van der Waals surface area (Å²) in [6.07, 6.45) is 7.66. The second-order valence-electron chi connectivity index (χ2n) is 6.18. The minimum atomic E-state index is -0.0242. The summed E-state index contributed by atoms with van der Waals surface area (Å²) in [5.74, 6) is 0.459. The highest BCUT2D eigenvalue weighted by atomic mass is 32.1. The molecule has 3 rings (SSSR count). The van der Waals surface area contributed by atoms with Crippen molar-refractivity contribution in [1.29, 1.82) is 0 Å². The zero-order chi connectivity index (χ0) is 18.5. The lowest BCUT2D eigenvalue weighted by molar-refractivity contribution is 0.0789. The minimum Gasteiger partial charge on any atom is -0.348 e. The number of thiophene rings is 1. The molecule has 0 bridgehead atoms. The van der Waals surface area contributed by atoms with Gasteiger partial charge in [0.05, 0.1) is 16.3 Å². The van der Waals surface area contributed by atoms with Crippen LogP contribution in [0.1, 0.15) is 37.2 Å². The van der Waals surface area contributed by atoms with Crippen LogP contribution in [0.3, 0.4) is 0 Å². The highest BCUT2D eigenvalue weighted by Crippen LogP contribution is 2.26. The molecule has 0 saturated carbocycles. The van der Waals surface area contributed by atoms with Crippen molar-refractivity contribution in [3.63, 3.8) is 0 Å². The number of hydrogen-bond acceptors (Lipinski definition) is 6. The van der Waals surface area contributed by atoms with E-state index in [0.717, 1.165) is 41.7 Å². The molecule has 0 aromatic carbocycles. The number of carbonyl (C=O) groups is 1. The van der Waals surface area contributed by atoms with Crippen LogP contribution >= 0.6 is 11.3 Å². The molecule has 0 spiro atoms. The number of hydrogen-bond donors (Lipinski definition) is 1. The van der Waals surface area contributed by atoms with Crippen LogP contribution in [-0.2, 0) is 0 Å². The summed E-state index contributed by atoms with van der Waals surface area (Å²) in [5, 5.41) is 5.25. The van der Waals surface area contributed by atoms with Crippen LogP contribution in [0.2, 0.25) is 0 Å². The summed E-state index contributed by atoms with van der Waals surface area (Å²) in [6, 6.07) is 1.90. The topological polar surface area (TPSA) is 70.5 Å². The van der Waals surface area contributed by atoms with Gasteiger partial charge >= 0.3 is 0 Å². The quantitative estimate of drug-likeness (QED) is 0.619. The second-order valence-corrected chi connectivity index (χ2v) is 7.10. The third-order valence-electron chi connectivity index (χ3n) is 4.45. The lowest BCUT2D eigenvalue weighted by Crippen LogP contribution is -2.29. The van der Waals surface area contributed by atoms with Crippen LogP contribution in [0.4, 0.5) is 5.95 Å². The van der Waals surface area contributed by atoms with Gasteiger partial charge in [-0.05, 0) is 56.5 Å². The first-order chi connectivity index (χ1) is 12.6. The summed E-state index contributed by atoms with van der Waals surface area (Å²) in [6.45, 7) is 9.05. The molecular weight excluding hydrogens is 346 g/mol. The summed E-state index contributed by atoms with van der Waals surface area (Å²) >= 11 is 1.51. The molecule has 1 saturated heterocycles. The van der Waals surface area contributed by atoms with E-state index in [4.69, 9.17) is 0 Å². The van der Waals surface area contributed by atoms with E-state index < -0.39 is 0 Å². The van der Waals surface area contributed by atoms with Crippen LogP contribution in [0, 0.1) is 0 Å². The SMILES string of the molecule is C=N/C=C\C(=C/C)[C@H](C)Nc1nc(C(=O)N2CCCC2)c2sccc2n1. The first-order valence-corrected chi connectivity index (χ1v) is 9.61. The fourth-order valence-corrected chi connectivity index (χ4v) is 3.86. The van der Waals surface area contributed by atoms with Gasteiger partial charge in [-0.3, -0.25) is 9.79 Å². The summed E-state index contributed by atoms with van der Waals surface area (Å²) in [5.41, 5.74) is 2.33. The standard InChI is InChI=1S/C19H23N5OS/c1-4-14(7-9-20-3)13(2)21-19-22-15-8-12-26-17(15)16(23-19)18(25)24-10-5-6-11-24/h4,7-9,12-13H,3,5-6,10-11H2,1-2H3,(H,21,22,23)/b9-7-,14-4+/t13-/m0/s1. The molecule has 1 aliphatic rings. The number of nitrogens with zero attached hydrogens (tertiary/aromatic N) is 4. The molecule has 1 atom stereocenters. The fourth-order valence-electron chi connectivity index (χ4n) is 3.05. The number of amides is 1. The summed E-state index contributed by atoms with van der Waals surface area (Å²) in [7, 11) is 0. The monoisotopic (exact) mass is 369 g/mol. The molecule has 2 aromatic heterocycles. The maximum absolute atomic E-state index is 12.9. The second kappa shape index (κ2) is 8.23. The van der Waals surface area contributed by atoms with Crippen LogP contribution < -0.4 is 5.32 Å². The number of likely N-dealkylation sites (tertiary alicyclic amines) is 1. The lowest BCUT2D eigenvalue weighted by Gasteiger charge is -2.18. The predicted molar refractivity (Wildman–Crippen MR) is 108 cm³/mol. The molecule has 3 heterocycles. The number of carbonyl (C=O) groups excluding carboxylic acids is 1. The van der Waals surface area contributed by atoms with E-state index in [1.807, 2.05) is 42.3 Å². The average molecular weight is 369 g/mol. The predicted octanol–water partition coefficient (Wildman–Crippen LogP) is 3.89. The molecule has 7 heteroatoms.